The maximum atomic E-state index is 5.50. The van der Waals surface area contributed by atoms with E-state index in [0.717, 1.165) is 11.1 Å². The summed E-state index contributed by atoms with van der Waals surface area (Å²) < 4.78 is 4.32. The fourth-order valence-corrected chi connectivity index (χ4v) is 2.99. The zero-order chi connectivity index (χ0) is 15.5. The Bertz CT molecular complexity index is 851. The molecule has 1 aromatic carbocycles. The molecular formula is C15H18I2N6S. The van der Waals surface area contributed by atoms with Crippen molar-refractivity contribution in [1.29, 1.82) is 0 Å². The first-order valence-electron chi connectivity index (χ1n) is 6.75. The van der Waals surface area contributed by atoms with Crippen LogP contribution in [-0.2, 0) is 7.05 Å². The van der Waals surface area contributed by atoms with E-state index in [-0.39, 0.29) is 53.9 Å². The molecule has 3 aromatic rings. The molecule has 0 saturated heterocycles. The highest BCUT2D eigenvalue weighted by Crippen LogP contribution is 2.21. The summed E-state index contributed by atoms with van der Waals surface area (Å²) >= 11 is 1.72. The van der Waals surface area contributed by atoms with Gasteiger partial charge in [0.05, 0.1) is 13.3 Å². The number of imidazole rings is 1. The van der Waals surface area contributed by atoms with Crippen LogP contribution in [0.2, 0.25) is 0 Å². The smallest absolute Gasteiger partial charge is 0.345 e. The monoisotopic (exact) mass is 568 g/mol. The Kier molecular flexibility index (Phi) is 8.09. The van der Waals surface area contributed by atoms with Crippen molar-refractivity contribution >= 4 is 52.4 Å². The minimum atomic E-state index is 0. The lowest BCUT2D eigenvalue weighted by Gasteiger charge is -1.99. The van der Waals surface area contributed by atoms with Gasteiger partial charge in [0.25, 0.3) is 0 Å². The Morgan fingerprint density at radius 1 is 1.33 bits per heavy atom. The standard InChI is InChI=1S/C15H17N6S.2HI/c1-17-14(16)19-18-9-11-3-5-12(6-4-11)13-10-21-7-8-22-15(21)20(13)2;;/h3-10H,1-2H3,(H3,16,17,19);2*1H/q+1;;/p-1/b18-9+;;. The van der Waals surface area contributed by atoms with Crippen molar-refractivity contribution in [1.82, 2.24) is 9.99 Å². The van der Waals surface area contributed by atoms with Crippen molar-refractivity contribution in [2.75, 3.05) is 7.05 Å². The molecule has 3 N–H and O–H groups in total. The molecule has 0 aliphatic rings. The number of aryl methyl sites for hydroxylation is 1. The summed E-state index contributed by atoms with van der Waals surface area (Å²) in [6.07, 6.45) is 5.91. The van der Waals surface area contributed by atoms with Crippen LogP contribution in [0.3, 0.4) is 0 Å². The lowest BCUT2D eigenvalue weighted by Crippen LogP contribution is -3.00. The van der Waals surface area contributed by atoms with Crippen LogP contribution in [0.15, 0.2) is 52.1 Å². The van der Waals surface area contributed by atoms with E-state index in [1.54, 1.807) is 24.6 Å². The summed E-state index contributed by atoms with van der Waals surface area (Å²) in [5, 5.41) is 6.10. The summed E-state index contributed by atoms with van der Waals surface area (Å²) in [5.41, 5.74) is 11.5. The third-order valence-electron chi connectivity index (χ3n) is 3.37. The fraction of sp³-hybridized carbons (Fsp3) is 0.133. The predicted molar refractivity (Wildman–Crippen MR) is 106 cm³/mol. The summed E-state index contributed by atoms with van der Waals surface area (Å²) in [5.74, 6) is 0.286. The molecule has 6 nitrogen and oxygen atoms in total. The molecule has 0 aliphatic heterocycles. The number of hydrazone groups is 1. The van der Waals surface area contributed by atoms with Crippen LogP contribution in [0.4, 0.5) is 0 Å². The van der Waals surface area contributed by atoms with Crippen LogP contribution in [0.5, 0.6) is 0 Å². The highest BCUT2D eigenvalue weighted by molar-refractivity contribution is 14.0. The summed E-state index contributed by atoms with van der Waals surface area (Å²) in [6, 6.07) is 8.20. The Balaban J connectivity index is 0.00000144. The summed E-state index contributed by atoms with van der Waals surface area (Å²) in [4.78, 5) is 4.97. The number of nitrogens with zero attached hydrogens (tertiary/aromatic N) is 4. The number of guanidine groups is 1. The van der Waals surface area contributed by atoms with E-state index in [4.69, 9.17) is 5.73 Å². The number of fused-ring (bicyclic) bond motifs is 1. The number of hydrogen-bond acceptors (Lipinski definition) is 3. The number of nitrogens with one attached hydrogen (secondary N) is 1. The molecule has 0 atom stereocenters. The van der Waals surface area contributed by atoms with E-state index in [9.17, 15) is 0 Å². The number of benzene rings is 1. The van der Waals surface area contributed by atoms with Gasteiger partial charge in [-0.3, -0.25) is 4.99 Å². The van der Waals surface area contributed by atoms with Crippen LogP contribution in [0.25, 0.3) is 16.2 Å². The molecule has 0 amide bonds. The largest absolute Gasteiger partial charge is 1.00 e. The van der Waals surface area contributed by atoms with E-state index >= 15 is 0 Å². The molecule has 2 aromatic heterocycles. The highest BCUT2D eigenvalue weighted by atomic mass is 127. The normalized spacial score (nSPS) is 11.3. The molecule has 9 heteroatoms. The molecule has 0 spiro atoms. The molecule has 0 fully saturated rings. The molecular weight excluding hydrogens is 550 g/mol. The van der Waals surface area contributed by atoms with Gasteiger partial charge in [-0.05, 0) is 17.7 Å². The van der Waals surface area contributed by atoms with Crippen molar-refractivity contribution in [2.24, 2.45) is 22.9 Å². The van der Waals surface area contributed by atoms with Gasteiger partial charge in [0.15, 0.2) is 5.69 Å². The fourth-order valence-electron chi connectivity index (χ4n) is 2.18. The Labute approximate surface area is 178 Å². The van der Waals surface area contributed by atoms with Gasteiger partial charge in [-0.1, -0.05) is 23.5 Å². The first kappa shape index (κ1) is 20.8. The minimum absolute atomic E-state index is 0. The molecule has 128 valence electrons. The van der Waals surface area contributed by atoms with Gasteiger partial charge in [0, 0.05) is 18.0 Å². The van der Waals surface area contributed by atoms with E-state index in [1.165, 1.54) is 10.7 Å². The van der Waals surface area contributed by atoms with Crippen LogP contribution >= 0.6 is 35.3 Å². The number of hydrogen-bond donors (Lipinski definition) is 2. The van der Waals surface area contributed by atoms with E-state index in [1.807, 2.05) is 12.1 Å². The molecule has 0 radical (unpaired) electrons. The topological polar surface area (TPSA) is 71.8 Å². The average molecular weight is 568 g/mol. The van der Waals surface area contributed by atoms with Gasteiger partial charge < -0.3 is 29.7 Å². The van der Waals surface area contributed by atoms with E-state index in [2.05, 4.69) is 61.4 Å². The number of nitrogens with two attached hydrogens (primary N) is 1. The van der Waals surface area contributed by atoms with Gasteiger partial charge >= 0.3 is 4.96 Å². The lowest BCUT2D eigenvalue weighted by molar-refractivity contribution is -0.505. The molecule has 0 bridgehead atoms. The van der Waals surface area contributed by atoms with Crippen molar-refractivity contribution < 1.29 is 28.4 Å². The van der Waals surface area contributed by atoms with Crippen molar-refractivity contribution in [3.8, 4) is 11.3 Å². The van der Waals surface area contributed by atoms with Gasteiger partial charge in [-0.25, -0.2) is 9.99 Å². The predicted octanol–water partition coefficient (Wildman–Crippen LogP) is -1.02. The molecule has 0 saturated carbocycles. The molecule has 3 rings (SSSR count). The quantitative estimate of drug-likeness (QED) is 0.140. The molecule has 24 heavy (non-hydrogen) atoms. The van der Waals surface area contributed by atoms with E-state index in [0.29, 0.717) is 0 Å². The van der Waals surface area contributed by atoms with Crippen LogP contribution in [0, 0.1) is 0 Å². The highest BCUT2D eigenvalue weighted by Gasteiger charge is 2.16. The molecule has 0 aliphatic carbocycles. The second-order valence-electron chi connectivity index (χ2n) is 4.77. The second-order valence-corrected chi connectivity index (χ2v) is 5.64. The van der Waals surface area contributed by atoms with Crippen LogP contribution in [0.1, 0.15) is 5.56 Å². The zero-order valence-corrected chi connectivity index (χ0v) is 18.5. The zero-order valence-electron chi connectivity index (χ0n) is 13.2. The van der Waals surface area contributed by atoms with Crippen molar-refractivity contribution in [3.05, 3.63) is 47.6 Å². The Morgan fingerprint density at radius 2 is 2.04 bits per heavy atom. The Hall–Kier alpha value is -1.21. The first-order chi connectivity index (χ1) is 10.7. The van der Waals surface area contributed by atoms with Gasteiger partial charge in [0.1, 0.15) is 12.4 Å². The van der Waals surface area contributed by atoms with E-state index < -0.39 is 0 Å². The average Bonchev–Trinajstić information content (AvgIpc) is 3.11. The number of thiazole rings is 1. The summed E-state index contributed by atoms with van der Waals surface area (Å²) in [7, 11) is 3.68. The summed E-state index contributed by atoms with van der Waals surface area (Å²) in [6.45, 7) is 0. The van der Waals surface area contributed by atoms with Gasteiger partial charge in [-0.15, -0.1) is 24.0 Å². The first-order valence-corrected chi connectivity index (χ1v) is 7.63. The molecule has 0 unspecified atom stereocenters. The van der Waals surface area contributed by atoms with Gasteiger partial charge in [0.2, 0.25) is 5.96 Å². The number of aliphatic imine (C=N–C) groups is 1. The maximum Gasteiger partial charge on any atom is 0.345 e. The third kappa shape index (κ3) is 4.45. The number of aromatic nitrogens is 2. The van der Waals surface area contributed by atoms with Crippen molar-refractivity contribution in [3.63, 3.8) is 0 Å². The SMILES string of the molecule is CN=C(N)N/N=C/c1ccc(-c2c[n+]3ccsc3n2C)cc1.I.[I-]. The van der Waals surface area contributed by atoms with Crippen LogP contribution in [-0.4, -0.2) is 23.8 Å². The maximum absolute atomic E-state index is 5.50. The van der Waals surface area contributed by atoms with Gasteiger partial charge in [-0.2, -0.15) is 9.50 Å². The molecule has 2 heterocycles. The number of halogens is 2. The van der Waals surface area contributed by atoms with Crippen molar-refractivity contribution in [2.45, 2.75) is 0 Å². The minimum Gasteiger partial charge on any atom is -1.00 e. The second kappa shape index (κ2) is 9.32. The third-order valence-corrected chi connectivity index (χ3v) is 4.32. The lowest BCUT2D eigenvalue weighted by atomic mass is 10.1. The van der Waals surface area contributed by atoms with Crippen LogP contribution < -0.4 is 39.5 Å². The number of rotatable bonds is 3. The Morgan fingerprint density at radius 3 is 2.67 bits per heavy atom.